The number of halogens is 1. The minimum absolute atomic E-state index is 0.245. The number of fused-ring (bicyclic) bond motifs is 2. The Labute approximate surface area is 193 Å². The molecule has 0 atom stereocenters. The van der Waals surface area contributed by atoms with E-state index < -0.39 is 0 Å². The van der Waals surface area contributed by atoms with Crippen LogP contribution < -0.4 is 19.5 Å². The monoisotopic (exact) mass is 461 g/mol. The van der Waals surface area contributed by atoms with Crippen molar-refractivity contribution in [3.8, 4) is 23.0 Å². The highest BCUT2D eigenvalue weighted by Gasteiger charge is 2.12. The number of nitrogens with zero attached hydrogens (tertiary/aromatic N) is 2. The van der Waals surface area contributed by atoms with Crippen molar-refractivity contribution in [3.63, 3.8) is 0 Å². The number of benzene rings is 3. The molecule has 0 saturated heterocycles. The van der Waals surface area contributed by atoms with Crippen molar-refractivity contribution in [1.82, 2.24) is 9.97 Å². The molecule has 8 heteroatoms. The van der Waals surface area contributed by atoms with Gasteiger partial charge in [0.15, 0.2) is 16.6 Å². The van der Waals surface area contributed by atoms with E-state index >= 15 is 0 Å². The molecular weight excluding hydrogens is 441 g/mol. The molecule has 0 bridgehead atoms. The number of aromatic nitrogens is 2. The minimum Gasteiger partial charge on any atom is -0.493 e. The number of ether oxygens (including phenoxy) is 3. The number of thiazole rings is 1. The average molecular weight is 462 g/mol. The van der Waals surface area contributed by atoms with Gasteiger partial charge in [-0.2, -0.15) is 0 Å². The van der Waals surface area contributed by atoms with Gasteiger partial charge in [0.1, 0.15) is 17.3 Å². The first kappa shape index (κ1) is 21.0. The Morgan fingerprint density at radius 3 is 2.45 bits per heavy atom. The summed E-state index contributed by atoms with van der Waals surface area (Å²) in [6.45, 7) is 0.567. The highest BCUT2D eigenvalue weighted by atomic mass is 32.1. The normalized spacial score (nSPS) is 11.0. The lowest BCUT2D eigenvalue weighted by molar-refractivity contribution is 0.355. The molecule has 5 aromatic rings. The van der Waals surface area contributed by atoms with E-state index in [0.717, 1.165) is 31.8 Å². The van der Waals surface area contributed by atoms with Crippen LogP contribution in [0.15, 0.2) is 66.9 Å². The maximum Gasteiger partial charge on any atom is 0.184 e. The fraction of sp³-hybridized carbons (Fsp3) is 0.120. The Morgan fingerprint density at radius 2 is 1.67 bits per heavy atom. The van der Waals surface area contributed by atoms with Crippen LogP contribution in [-0.4, -0.2) is 24.2 Å². The molecule has 33 heavy (non-hydrogen) atoms. The van der Waals surface area contributed by atoms with Gasteiger partial charge in [-0.05, 0) is 42.0 Å². The molecule has 0 spiro atoms. The van der Waals surface area contributed by atoms with Gasteiger partial charge in [0.05, 0.1) is 30.0 Å². The number of methoxy groups -OCH3 is 2. The molecule has 0 aliphatic heterocycles. The Balaban J connectivity index is 1.39. The van der Waals surface area contributed by atoms with Crippen LogP contribution >= 0.6 is 11.3 Å². The largest absolute Gasteiger partial charge is 0.493 e. The van der Waals surface area contributed by atoms with Crippen LogP contribution in [0, 0.1) is 5.82 Å². The van der Waals surface area contributed by atoms with Gasteiger partial charge >= 0.3 is 0 Å². The molecule has 0 aliphatic rings. The lowest BCUT2D eigenvalue weighted by atomic mass is 10.2. The molecule has 0 saturated carbocycles. The molecule has 6 nitrogen and oxygen atoms in total. The maximum atomic E-state index is 13.1. The summed E-state index contributed by atoms with van der Waals surface area (Å²) in [4.78, 5) is 9.04. The van der Waals surface area contributed by atoms with Crippen molar-refractivity contribution in [2.75, 3.05) is 19.5 Å². The number of anilines is 1. The fourth-order valence-electron chi connectivity index (χ4n) is 3.49. The van der Waals surface area contributed by atoms with Crippen LogP contribution in [-0.2, 0) is 6.54 Å². The van der Waals surface area contributed by atoms with Gasteiger partial charge in [0, 0.05) is 30.3 Å². The van der Waals surface area contributed by atoms with Gasteiger partial charge in [-0.25, -0.2) is 9.37 Å². The van der Waals surface area contributed by atoms with Gasteiger partial charge in [0.2, 0.25) is 0 Å². The second-order valence-electron chi connectivity index (χ2n) is 7.26. The number of nitrogens with one attached hydrogen (secondary N) is 1. The summed E-state index contributed by atoms with van der Waals surface area (Å²) in [7, 11) is 3.19. The number of rotatable bonds is 7. The third kappa shape index (κ3) is 4.38. The Kier molecular flexibility index (Phi) is 5.66. The molecule has 5 rings (SSSR count). The lowest BCUT2D eigenvalue weighted by Gasteiger charge is -2.12. The van der Waals surface area contributed by atoms with Crippen molar-refractivity contribution in [2.24, 2.45) is 0 Å². The molecular formula is C25H20FN3O3S. The van der Waals surface area contributed by atoms with E-state index in [1.54, 1.807) is 32.5 Å². The number of hydrogen-bond donors (Lipinski definition) is 1. The first-order chi connectivity index (χ1) is 16.1. The Morgan fingerprint density at radius 1 is 0.879 bits per heavy atom. The van der Waals surface area contributed by atoms with Crippen LogP contribution in [0.25, 0.3) is 21.1 Å². The van der Waals surface area contributed by atoms with Gasteiger partial charge in [-0.3, -0.25) is 4.98 Å². The molecule has 0 fully saturated rings. The van der Waals surface area contributed by atoms with Crippen molar-refractivity contribution in [3.05, 3.63) is 78.2 Å². The van der Waals surface area contributed by atoms with Crippen molar-refractivity contribution >= 4 is 37.6 Å². The zero-order valence-corrected chi connectivity index (χ0v) is 18.8. The van der Waals surface area contributed by atoms with Gasteiger partial charge in [0.25, 0.3) is 0 Å². The quantitative estimate of drug-likeness (QED) is 0.302. The van der Waals surface area contributed by atoms with E-state index in [-0.39, 0.29) is 5.82 Å². The standard InChI is InChI=1S/C25H20FN3O3S/c1-30-22-12-18-20(13-23(22)31-2)27-10-9-21(18)32-17-7-8-19-24(11-17)33-25(29-19)28-14-15-3-5-16(26)6-4-15/h3-13H,14H2,1-2H3,(H,28,29). The van der Waals surface area contributed by atoms with E-state index in [1.807, 2.05) is 36.4 Å². The van der Waals surface area contributed by atoms with Gasteiger partial charge in [-0.15, -0.1) is 0 Å². The summed E-state index contributed by atoms with van der Waals surface area (Å²) < 4.78 is 31.1. The van der Waals surface area contributed by atoms with Crippen LogP contribution in [0.3, 0.4) is 0 Å². The molecule has 0 unspecified atom stereocenters. The summed E-state index contributed by atoms with van der Waals surface area (Å²) in [5, 5.41) is 4.91. The highest BCUT2D eigenvalue weighted by Crippen LogP contribution is 2.38. The number of pyridine rings is 1. The predicted molar refractivity (Wildman–Crippen MR) is 128 cm³/mol. The van der Waals surface area contributed by atoms with Gasteiger partial charge < -0.3 is 19.5 Å². The second-order valence-corrected chi connectivity index (χ2v) is 8.29. The smallest absolute Gasteiger partial charge is 0.184 e. The Bertz CT molecular complexity index is 1440. The summed E-state index contributed by atoms with van der Waals surface area (Å²) in [5.41, 5.74) is 2.60. The molecule has 166 valence electrons. The van der Waals surface area contributed by atoms with Gasteiger partial charge in [-0.1, -0.05) is 23.5 Å². The molecule has 2 heterocycles. The van der Waals surface area contributed by atoms with Crippen LogP contribution in [0.4, 0.5) is 9.52 Å². The predicted octanol–water partition coefficient (Wildman–Crippen LogP) is 6.41. The van der Waals surface area contributed by atoms with Crippen LogP contribution in [0.2, 0.25) is 0 Å². The summed E-state index contributed by atoms with van der Waals surface area (Å²) >= 11 is 1.53. The molecule has 0 radical (unpaired) electrons. The van der Waals surface area contributed by atoms with E-state index in [9.17, 15) is 4.39 Å². The van der Waals surface area contributed by atoms with Crippen molar-refractivity contribution in [1.29, 1.82) is 0 Å². The van der Waals surface area contributed by atoms with Crippen molar-refractivity contribution in [2.45, 2.75) is 6.54 Å². The summed E-state index contributed by atoms with van der Waals surface area (Å²) in [6, 6.07) is 17.7. The summed E-state index contributed by atoms with van der Waals surface area (Å²) in [6.07, 6.45) is 1.70. The van der Waals surface area contributed by atoms with Crippen LogP contribution in [0.1, 0.15) is 5.56 Å². The SMILES string of the molecule is COc1cc2nccc(Oc3ccc4nc(NCc5ccc(F)cc5)sc4c3)c2cc1OC. The van der Waals surface area contributed by atoms with Crippen LogP contribution in [0.5, 0.6) is 23.0 Å². The maximum absolute atomic E-state index is 13.1. The number of hydrogen-bond acceptors (Lipinski definition) is 7. The molecule has 2 aromatic heterocycles. The molecule has 1 N–H and O–H groups in total. The molecule has 0 aliphatic carbocycles. The topological polar surface area (TPSA) is 65.5 Å². The van der Waals surface area contributed by atoms with Crippen molar-refractivity contribution < 1.29 is 18.6 Å². The first-order valence-electron chi connectivity index (χ1n) is 10.2. The average Bonchev–Trinajstić information content (AvgIpc) is 3.25. The molecule has 0 amide bonds. The second kappa shape index (κ2) is 8.91. The fourth-order valence-corrected chi connectivity index (χ4v) is 4.38. The highest BCUT2D eigenvalue weighted by molar-refractivity contribution is 7.22. The third-order valence-corrected chi connectivity index (χ3v) is 6.13. The van der Waals surface area contributed by atoms with E-state index in [1.165, 1.54) is 23.5 Å². The minimum atomic E-state index is -0.245. The third-order valence-electron chi connectivity index (χ3n) is 5.15. The zero-order chi connectivity index (χ0) is 22.8. The Hall–Kier alpha value is -3.91. The van der Waals surface area contributed by atoms with E-state index in [0.29, 0.717) is 29.5 Å². The van der Waals surface area contributed by atoms with E-state index in [4.69, 9.17) is 14.2 Å². The van der Waals surface area contributed by atoms with E-state index in [2.05, 4.69) is 15.3 Å². The lowest BCUT2D eigenvalue weighted by Crippen LogP contribution is -1.98. The molecule has 3 aromatic carbocycles. The summed E-state index contributed by atoms with van der Waals surface area (Å²) in [5.74, 6) is 2.34. The zero-order valence-electron chi connectivity index (χ0n) is 18.0. The first-order valence-corrected chi connectivity index (χ1v) is 11.0.